The van der Waals surface area contributed by atoms with Crippen molar-refractivity contribution in [3.8, 4) is 0 Å². The van der Waals surface area contributed by atoms with Gasteiger partial charge in [-0.3, -0.25) is 0 Å². The van der Waals surface area contributed by atoms with E-state index in [1.165, 1.54) is 0 Å². The molecule has 1 rings (SSSR count). The Hall–Kier alpha value is -0.160. The van der Waals surface area contributed by atoms with E-state index in [1.54, 1.807) is 0 Å². The Kier molecular flexibility index (Phi) is 7.15. The van der Waals surface area contributed by atoms with Crippen LogP contribution in [0, 0.1) is 5.92 Å². The molecule has 0 aromatic rings. The van der Waals surface area contributed by atoms with Gasteiger partial charge in [0.1, 0.15) is 0 Å². The summed E-state index contributed by atoms with van der Waals surface area (Å²) in [5, 5.41) is 12.9. The molecule has 0 amide bonds. The summed E-state index contributed by atoms with van der Waals surface area (Å²) in [6.07, 6.45) is 3.17. The summed E-state index contributed by atoms with van der Waals surface area (Å²) in [5.74, 6) is 0.552. The van der Waals surface area contributed by atoms with Crippen LogP contribution in [-0.4, -0.2) is 49.7 Å². The Bertz CT molecular complexity index is 219. The molecule has 4 nitrogen and oxygen atoms in total. The van der Waals surface area contributed by atoms with E-state index >= 15 is 0 Å². The van der Waals surface area contributed by atoms with Crippen LogP contribution in [-0.2, 0) is 9.47 Å². The highest BCUT2D eigenvalue weighted by molar-refractivity contribution is 4.84. The molecule has 1 aliphatic heterocycles. The van der Waals surface area contributed by atoms with Crippen LogP contribution in [0.2, 0.25) is 0 Å². The molecule has 0 bridgehead atoms. The second-order valence-corrected chi connectivity index (χ2v) is 5.72. The molecular formula is C14H29NO3. The maximum atomic E-state index is 9.50. The predicted octanol–water partition coefficient (Wildman–Crippen LogP) is 1.57. The first-order valence-corrected chi connectivity index (χ1v) is 7.15. The van der Waals surface area contributed by atoms with Gasteiger partial charge in [0.15, 0.2) is 0 Å². The van der Waals surface area contributed by atoms with Crippen molar-refractivity contribution in [3.63, 3.8) is 0 Å². The summed E-state index contributed by atoms with van der Waals surface area (Å²) in [4.78, 5) is 0. The molecule has 1 aliphatic rings. The van der Waals surface area contributed by atoms with Gasteiger partial charge in [-0.25, -0.2) is 0 Å². The van der Waals surface area contributed by atoms with Gasteiger partial charge in [0.05, 0.1) is 25.9 Å². The Morgan fingerprint density at radius 3 is 2.89 bits per heavy atom. The molecule has 0 spiro atoms. The van der Waals surface area contributed by atoms with E-state index in [2.05, 4.69) is 26.1 Å². The summed E-state index contributed by atoms with van der Waals surface area (Å²) < 4.78 is 11.2. The van der Waals surface area contributed by atoms with E-state index in [-0.39, 0.29) is 18.2 Å². The second-order valence-electron chi connectivity index (χ2n) is 5.72. The average Bonchev–Trinajstić information content (AvgIpc) is 2.87. The smallest absolute Gasteiger partial charge is 0.0611 e. The topological polar surface area (TPSA) is 50.7 Å². The van der Waals surface area contributed by atoms with Gasteiger partial charge < -0.3 is 19.9 Å². The molecular weight excluding hydrogens is 230 g/mol. The third-order valence-corrected chi connectivity index (χ3v) is 3.53. The van der Waals surface area contributed by atoms with Gasteiger partial charge in [0.25, 0.3) is 0 Å². The van der Waals surface area contributed by atoms with Crippen molar-refractivity contribution in [3.05, 3.63) is 0 Å². The summed E-state index contributed by atoms with van der Waals surface area (Å²) >= 11 is 0. The van der Waals surface area contributed by atoms with Crippen molar-refractivity contribution in [2.75, 3.05) is 33.0 Å². The highest BCUT2D eigenvalue weighted by Crippen LogP contribution is 2.17. The van der Waals surface area contributed by atoms with E-state index in [0.29, 0.717) is 5.92 Å². The number of hydrogen-bond donors (Lipinski definition) is 2. The molecule has 108 valence electrons. The molecule has 1 fully saturated rings. The molecule has 0 aromatic heterocycles. The molecule has 4 heteroatoms. The van der Waals surface area contributed by atoms with Crippen LogP contribution in [0.25, 0.3) is 0 Å². The van der Waals surface area contributed by atoms with E-state index in [4.69, 9.17) is 9.47 Å². The van der Waals surface area contributed by atoms with Crippen LogP contribution in [0.1, 0.15) is 40.0 Å². The largest absolute Gasteiger partial charge is 0.394 e. The lowest BCUT2D eigenvalue weighted by atomic mass is 9.95. The Balaban J connectivity index is 2.24. The second kappa shape index (κ2) is 8.10. The minimum absolute atomic E-state index is 0.146. The van der Waals surface area contributed by atoms with Gasteiger partial charge in [-0.1, -0.05) is 6.92 Å². The van der Waals surface area contributed by atoms with E-state index < -0.39 is 0 Å². The van der Waals surface area contributed by atoms with Crippen LogP contribution in [0.4, 0.5) is 0 Å². The minimum Gasteiger partial charge on any atom is -0.394 e. The van der Waals surface area contributed by atoms with Crippen molar-refractivity contribution in [2.45, 2.75) is 51.7 Å². The molecule has 0 aliphatic carbocycles. The van der Waals surface area contributed by atoms with Crippen molar-refractivity contribution in [1.82, 2.24) is 5.32 Å². The lowest BCUT2D eigenvalue weighted by Crippen LogP contribution is -2.48. The molecule has 3 unspecified atom stereocenters. The van der Waals surface area contributed by atoms with E-state index in [0.717, 1.165) is 45.6 Å². The number of aliphatic hydroxyl groups is 1. The molecule has 1 saturated heterocycles. The molecule has 18 heavy (non-hydrogen) atoms. The van der Waals surface area contributed by atoms with E-state index in [9.17, 15) is 5.11 Å². The highest BCUT2D eigenvalue weighted by atomic mass is 16.5. The summed E-state index contributed by atoms with van der Waals surface area (Å²) in [7, 11) is 0. The zero-order valence-electron chi connectivity index (χ0n) is 12.1. The first-order valence-electron chi connectivity index (χ1n) is 7.15. The van der Waals surface area contributed by atoms with Crippen molar-refractivity contribution in [1.29, 1.82) is 0 Å². The normalized spacial score (nSPS) is 25.0. The molecule has 0 saturated carbocycles. The van der Waals surface area contributed by atoms with Gasteiger partial charge in [-0.05, 0) is 39.7 Å². The summed E-state index contributed by atoms with van der Waals surface area (Å²) in [5.41, 5.74) is -0.235. The van der Waals surface area contributed by atoms with Crippen LogP contribution >= 0.6 is 0 Å². The fraction of sp³-hybridized carbons (Fsp3) is 1.00. The first kappa shape index (κ1) is 15.9. The maximum absolute atomic E-state index is 9.50. The first-order chi connectivity index (χ1) is 8.59. The number of hydrogen-bond acceptors (Lipinski definition) is 4. The van der Waals surface area contributed by atoms with Crippen LogP contribution in [0.3, 0.4) is 0 Å². The quantitative estimate of drug-likeness (QED) is 0.660. The summed E-state index contributed by atoms with van der Waals surface area (Å²) in [6.45, 7) is 9.82. The van der Waals surface area contributed by atoms with Gasteiger partial charge in [0, 0.05) is 18.1 Å². The third-order valence-electron chi connectivity index (χ3n) is 3.53. The number of aliphatic hydroxyl groups excluding tert-OH is 1. The Morgan fingerprint density at radius 2 is 2.33 bits per heavy atom. The van der Waals surface area contributed by atoms with Crippen molar-refractivity contribution in [2.24, 2.45) is 5.92 Å². The average molecular weight is 259 g/mol. The molecule has 0 aromatic carbocycles. The predicted molar refractivity (Wildman–Crippen MR) is 72.7 cm³/mol. The lowest BCUT2D eigenvalue weighted by molar-refractivity contribution is 0.00844. The Morgan fingerprint density at radius 1 is 1.56 bits per heavy atom. The molecule has 1 heterocycles. The van der Waals surface area contributed by atoms with Crippen LogP contribution in [0.5, 0.6) is 0 Å². The highest BCUT2D eigenvalue weighted by Gasteiger charge is 2.26. The van der Waals surface area contributed by atoms with Crippen molar-refractivity contribution < 1.29 is 14.6 Å². The summed E-state index contributed by atoms with van der Waals surface area (Å²) in [6, 6.07) is 0. The number of nitrogens with one attached hydrogen (secondary N) is 1. The van der Waals surface area contributed by atoms with E-state index in [1.807, 2.05) is 0 Å². The molecule has 2 N–H and O–H groups in total. The Labute approximate surface area is 111 Å². The molecule has 3 atom stereocenters. The molecule has 0 radical (unpaired) electrons. The fourth-order valence-electron chi connectivity index (χ4n) is 2.33. The van der Waals surface area contributed by atoms with Crippen LogP contribution < -0.4 is 5.32 Å². The minimum atomic E-state index is -0.235. The van der Waals surface area contributed by atoms with Crippen LogP contribution in [0.15, 0.2) is 0 Å². The zero-order valence-corrected chi connectivity index (χ0v) is 12.1. The lowest BCUT2D eigenvalue weighted by Gasteiger charge is -2.32. The van der Waals surface area contributed by atoms with Gasteiger partial charge in [-0.15, -0.1) is 0 Å². The number of rotatable bonds is 9. The van der Waals surface area contributed by atoms with Gasteiger partial charge in [-0.2, -0.15) is 0 Å². The van der Waals surface area contributed by atoms with Gasteiger partial charge >= 0.3 is 0 Å². The zero-order chi connectivity index (χ0) is 13.4. The maximum Gasteiger partial charge on any atom is 0.0611 e. The SMILES string of the molecule is CCCNC(C)(CO)CC(C)OCC1CCOC1. The fourth-order valence-corrected chi connectivity index (χ4v) is 2.33. The standard InChI is InChI=1S/C14H29NO3/c1-4-6-15-14(3,11-16)8-12(2)18-10-13-5-7-17-9-13/h12-13,15-16H,4-11H2,1-3H3. The third kappa shape index (κ3) is 5.65. The van der Waals surface area contributed by atoms with Crippen molar-refractivity contribution >= 4 is 0 Å². The monoisotopic (exact) mass is 259 g/mol. The number of ether oxygens (including phenoxy) is 2. The van der Waals surface area contributed by atoms with Gasteiger partial charge in [0.2, 0.25) is 0 Å².